The molecule has 4 aromatic rings. The number of hydrogen-bond donors (Lipinski definition) is 1. The Hall–Kier alpha value is -3.91. The highest BCUT2D eigenvalue weighted by molar-refractivity contribution is 7.99. The van der Waals surface area contributed by atoms with E-state index < -0.39 is 0 Å². The van der Waals surface area contributed by atoms with E-state index in [-0.39, 0.29) is 17.1 Å². The highest BCUT2D eigenvalue weighted by atomic mass is 32.2. The number of aromatic nitrogens is 3. The molecule has 37 heavy (non-hydrogen) atoms. The van der Waals surface area contributed by atoms with E-state index in [1.807, 2.05) is 47.9 Å². The number of hydrogen-bond acceptors (Lipinski definition) is 6. The molecular weight excluding hydrogens is 482 g/mol. The highest BCUT2D eigenvalue weighted by Gasteiger charge is 2.19. The molecule has 0 bridgehead atoms. The standard InChI is InChI=1S/C29H31N5O2S/c1-20-9-15-24(16-10-20)34-27(22-11-13-23(14-12-22)29(2,3)4)32-33-28(34)37-19-26(35)31-30-18-21-7-6-8-25(17-21)36-5/h6-18H,19H2,1-5H3,(H,31,35). The molecule has 0 spiro atoms. The molecule has 4 rings (SSSR count). The first kappa shape index (κ1) is 26.2. The van der Waals surface area contributed by atoms with Crippen molar-refractivity contribution in [3.8, 4) is 22.8 Å². The molecule has 8 heteroatoms. The summed E-state index contributed by atoms with van der Waals surface area (Å²) in [4.78, 5) is 12.5. The summed E-state index contributed by atoms with van der Waals surface area (Å²) in [6, 6.07) is 24.0. The van der Waals surface area contributed by atoms with Crippen LogP contribution in [0.15, 0.2) is 83.1 Å². The quantitative estimate of drug-likeness (QED) is 0.183. The maximum absolute atomic E-state index is 12.5. The molecule has 1 N–H and O–H groups in total. The highest BCUT2D eigenvalue weighted by Crippen LogP contribution is 2.30. The van der Waals surface area contributed by atoms with Crippen LogP contribution in [0.2, 0.25) is 0 Å². The zero-order valence-corrected chi connectivity index (χ0v) is 22.5. The number of methoxy groups -OCH3 is 1. The Bertz CT molecular complexity index is 1390. The predicted molar refractivity (Wildman–Crippen MR) is 150 cm³/mol. The summed E-state index contributed by atoms with van der Waals surface area (Å²) in [5, 5.41) is 13.6. The van der Waals surface area contributed by atoms with Gasteiger partial charge in [0.05, 0.1) is 19.1 Å². The lowest BCUT2D eigenvalue weighted by Crippen LogP contribution is -2.20. The number of rotatable bonds is 8. The van der Waals surface area contributed by atoms with Crippen molar-refractivity contribution in [2.45, 2.75) is 38.3 Å². The second kappa shape index (κ2) is 11.4. The van der Waals surface area contributed by atoms with E-state index >= 15 is 0 Å². The van der Waals surface area contributed by atoms with Crippen molar-refractivity contribution in [3.63, 3.8) is 0 Å². The fourth-order valence-electron chi connectivity index (χ4n) is 3.66. The van der Waals surface area contributed by atoms with Crippen molar-refractivity contribution in [1.82, 2.24) is 20.2 Å². The molecule has 0 aliphatic carbocycles. The van der Waals surface area contributed by atoms with E-state index in [4.69, 9.17) is 4.74 Å². The lowest BCUT2D eigenvalue weighted by atomic mass is 9.87. The van der Waals surface area contributed by atoms with Gasteiger partial charge in [0.2, 0.25) is 0 Å². The molecule has 0 atom stereocenters. The van der Waals surface area contributed by atoms with E-state index in [1.165, 1.54) is 17.3 Å². The van der Waals surface area contributed by atoms with Gasteiger partial charge in [-0.1, -0.05) is 86.6 Å². The van der Waals surface area contributed by atoms with Crippen LogP contribution >= 0.6 is 11.8 Å². The minimum atomic E-state index is -0.237. The second-order valence-electron chi connectivity index (χ2n) is 9.66. The lowest BCUT2D eigenvalue weighted by molar-refractivity contribution is -0.118. The van der Waals surface area contributed by atoms with Crippen molar-refractivity contribution in [2.24, 2.45) is 5.10 Å². The number of nitrogens with one attached hydrogen (secondary N) is 1. The van der Waals surface area contributed by atoms with Crippen LogP contribution in [0, 0.1) is 6.92 Å². The van der Waals surface area contributed by atoms with Gasteiger partial charge in [-0.05, 0) is 47.7 Å². The molecular formula is C29H31N5O2S. The zero-order valence-electron chi connectivity index (χ0n) is 21.7. The average molecular weight is 514 g/mol. The predicted octanol–water partition coefficient (Wildman–Crippen LogP) is 5.79. The van der Waals surface area contributed by atoms with Gasteiger partial charge in [0, 0.05) is 11.3 Å². The second-order valence-corrected chi connectivity index (χ2v) is 10.6. The number of hydrazone groups is 1. The minimum absolute atomic E-state index is 0.0621. The number of amides is 1. The largest absolute Gasteiger partial charge is 0.497 e. The summed E-state index contributed by atoms with van der Waals surface area (Å²) in [5.74, 6) is 1.36. The van der Waals surface area contributed by atoms with Gasteiger partial charge in [-0.2, -0.15) is 5.10 Å². The van der Waals surface area contributed by atoms with Crippen LogP contribution in [0.25, 0.3) is 17.1 Å². The Morgan fingerprint density at radius 3 is 2.46 bits per heavy atom. The fourth-order valence-corrected chi connectivity index (χ4v) is 4.40. The number of carbonyl (C=O) groups excluding carboxylic acids is 1. The van der Waals surface area contributed by atoms with Gasteiger partial charge >= 0.3 is 0 Å². The molecule has 7 nitrogen and oxygen atoms in total. The third kappa shape index (κ3) is 6.65. The van der Waals surface area contributed by atoms with Crippen LogP contribution in [0.3, 0.4) is 0 Å². The number of benzene rings is 3. The van der Waals surface area contributed by atoms with Gasteiger partial charge in [0.25, 0.3) is 5.91 Å². The van der Waals surface area contributed by atoms with Gasteiger partial charge in [-0.25, -0.2) is 5.43 Å². The first-order valence-electron chi connectivity index (χ1n) is 12.0. The Labute approximate surface area is 222 Å². The molecule has 1 aromatic heterocycles. The minimum Gasteiger partial charge on any atom is -0.497 e. The van der Waals surface area contributed by atoms with Crippen LogP contribution in [-0.4, -0.2) is 39.7 Å². The summed E-state index contributed by atoms with van der Waals surface area (Å²) >= 11 is 1.31. The van der Waals surface area contributed by atoms with Gasteiger partial charge in [-0.15, -0.1) is 10.2 Å². The molecule has 0 unspecified atom stereocenters. The Balaban J connectivity index is 1.52. The maximum atomic E-state index is 12.5. The number of ether oxygens (including phenoxy) is 1. The number of thioether (sulfide) groups is 1. The number of aryl methyl sites for hydroxylation is 1. The Kier molecular flexibility index (Phi) is 8.08. The van der Waals surface area contributed by atoms with Crippen LogP contribution in [0.4, 0.5) is 0 Å². The van der Waals surface area contributed by atoms with E-state index in [0.717, 1.165) is 34.0 Å². The molecule has 0 aliphatic heterocycles. The lowest BCUT2D eigenvalue weighted by Gasteiger charge is -2.19. The normalized spacial score (nSPS) is 11.6. The van der Waals surface area contributed by atoms with Crippen LogP contribution in [0.5, 0.6) is 5.75 Å². The summed E-state index contributed by atoms with van der Waals surface area (Å²) in [6.45, 7) is 8.63. The van der Waals surface area contributed by atoms with Crippen molar-refractivity contribution in [2.75, 3.05) is 12.9 Å². The van der Waals surface area contributed by atoms with Crippen LogP contribution in [0.1, 0.15) is 37.5 Å². The van der Waals surface area contributed by atoms with Gasteiger partial charge < -0.3 is 4.74 Å². The Morgan fingerprint density at radius 2 is 1.78 bits per heavy atom. The molecule has 0 aliphatic rings. The third-order valence-electron chi connectivity index (χ3n) is 5.76. The fraction of sp³-hybridized carbons (Fsp3) is 0.241. The first-order chi connectivity index (χ1) is 17.7. The van der Waals surface area contributed by atoms with Crippen LogP contribution in [-0.2, 0) is 10.2 Å². The monoisotopic (exact) mass is 513 g/mol. The van der Waals surface area contributed by atoms with E-state index in [9.17, 15) is 4.79 Å². The average Bonchev–Trinajstić information content (AvgIpc) is 3.31. The van der Waals surface area contributed by atoms with E-state index in [0.29, 0.717) is 5.16 Å². The summed E-state index contributed by atoms with van der Waals surface area (Å²) in [7, 11) is 1.61. The smallest absolute Gasteiger partial charge is 0.250 e. The molecule has 1 amide bonds. The number of carbonyl (C=O) groups is 1. The van der Waals surface area contributed by atoms with E-state index in [2.05, 4.69) is 77.9 Å². The van der Waals surface area contributed by atoms with Crippen molar-refractivity contribution >= 4 is 23.9 Å². The van der Waals surface area contributed by atoms with Crippen molar-refractivity contribution in [1.29, 1.82) is 0 Å². The van der Waals surface area contributed by atoms with E-state index in [1.54, 1.807) is 13.3 Å². The maximum Gasteiger partial charge on any atom is 0.250 e. The van der Waals surface area contributed by atoms with Gasteiger partial charge in [-0.3, -0.25) is 9.36 Å². The molecule has 190 valence electrons. The Morgan fingerprint density at radius 1 is 1.05 bits per heavy atom. The first-order valence-corrected chi connectivity index (χ1v) is 13.0. The van der Waals surface area contributed by atoms with Gasteiger partial charge in [0.1, 0.15) is 5.75 Å². The summed E-state index contributed by atoms with van der Waals surface area (Å²) < 4.78 is 7.20. The third-order valence-corrected chi connectivity index (χ3v) is 6.69. The van der Waals surface area contributed by atoms with Crippen LogP contribution < -0.4 is 10.2 Å². The summed E-state index contributed by atoms with van der Waals surface area (Å²) in [5.41, 5.74) is 7.77. The molecule has 1 heterocycles. The molecule has 0 radical (unpaired) electrons. The van der Waals surface area contributed by atoms with Crippen molar-refractivity contribution < 1.29 is 9.53 Å². The van der Waals surface area contributed by atoms with Crippen molar-refractivity contribution in [3.05, 3.63) is 89.5 Å². The topological polar surface area (TPSA) is 81.4 Å². The SMILES string of the molecule is COc1cccc(C=NNC(=O)CSc2nnc(-c3ccc(C(C)(C)C)cc3)n2-c2ccc(C)cc2)c1. The van der Waals surface area contributed by atoms with Gasteiger partial charge in [0.15, 0.2) is 11.0 Å². The molecule has 3 aromatic carbocycles. The zero-order chi connectivity index (χ0) is 26.4. The number of nitrogens with zero attached hydrogens (tertiary/aromatic N) is 4. The summed E-state index contributed by atoms with van der Waals surface area (Å²) in [6.07, 6.45) is 1.58. The molecule has 0 saturated heterocycles. The molecule has 0 saturated carbocycles. The molecule has 0 fully saturated rings.